The Bertz CT molecular complexity index is 471. The van der Waals surface area contributed by atoms with Crippen molar-refractivity contribution in [1.29, 1.82) is 0 Å². The van der Waals surface area contributed by atoms with Gasteiger partial charge in [0.25, 0.3) is 0 Å². The van der Waals surface area contributed by atoms with E-state index in [0.29, 0.717) is 12.6 Å². The Kier molecular flexibility index (Phi) is 5.12. The van der Waals surface area contributed by atoms with Crippen LogP contribution in [0, 0.1) is 6.92 Å². The minimum Gasteiger partial charge on any atom is -0.450 e. The Morgan fingerprint density at radius 2 is 2.15 bits per heavy atom. The van der Waals surface area contributed by atoms with Gasteiger partial charge in [-0.2, -0.15) is 0 Å². The van der Waals surface area contributed by atoms with Crippen LogP contribution >= 0.6 is 11.6 Å². The van der Waals surface area contributed by atoms with Crippen LogP contribution in [0.15, 0.2) is 18.2 Å². The van der Waals surface area contributed by atoms with Gasteiger partial charge in [-0.1, -0.05) is 17.7 Å². The number of anilines is 1. The molecule has 1 heterocycles. The lowest BCUT2D eigenvalue weighted by atomic mass is 10.0. The summed E-state index contributed by atoms with van der Waals surface area (Å²) in [5.41, 5.74) is 2.12. The van der Waals surface area contributed by atoms with Gasteiger partial charge in [-0.05, 0) is 44.4 Å². The number of nitrogens with one attached hydrogen (secondary N) is 1. The second-order valence-electron chi connectivity index (χ2n) is 5.09. The summed E-state index contributed by atoms with van der Waals surface area (Å²) in [7, 11) is 0. The monoisotopic (exact) mass is 296 g/mol. The largest absolute Gasteiger partial charge is 0.450 e. The van der Waals surface area contributed by atoms with Gasteiger partial charge in [0.2, 0.25) is 0 Å². The number of rotatable bonds is 3. The molecule has 1 aliphatic rings. The molecule has 20 heavy (non-hydrogen) atoms. The van der Waals surface area contributed by atoms with Crippen LogP contribution in [0.3, 0.4) is 0 Å². The summed E-state index contributed by atoms with van der Waals surface area (Å²) in [5.74, 6) is 0. The van der Waals surface area contributed by atoms with Crippen molar-refractivity contribution >= 4 is 23.4 Å². The number of likely N-dealkylation sites (tertiary alicyclic amines) is 1. The van der Waals surface area contributed by atoms with E-state index in [1.807, 2.05) is 32.0 Å². The number of benzene rings is 1. The van der Waals surface area contributed by atoms with E-state index in [9.17, 15) is 4.79 Å². The van der Waals surface area contributed by atoms with Crippen molar-refractivity contribution in [3.63, 3.8) is 0 Å². The lowest BCUT2D eigenvalue weighted by Crippen LogP contribution is -2.42. The zero-order valence-corrected chi connectivity index (χ0v) is 12.7. The fourth-order valence-electron chi connectivity index (χ4n) is 2.38. The Morgan fingerprint density at radius 3 is 2.75 bits per heavy atom. The molecular formula is C15H21ClN2O2. The Hall–Kier alpha value is -1.42. The van der Waals surface area contributed by atoms with Gasteiger partial charge < -0.3 is 15.0 Å². The topological polar surface area (TPSA) is 41.6 Å². The van der Waals surface area contributed by atoms with Gasteiger partial charge in [0.1, 0.15) is 0 Å². The highest BCUT2D eigenvalue weighted by Crippen LogP contribution is 2.25. The molecule has 1 fully saturated rings. The first kappa shape index (κ1) is 15.0. The number of ether oxygens (including phenoxy) is 1. The summed E-state index contributed by atoms with van der Waals surface area (Å²) in [5, 5.41) is 4.21. The third kappa shape index (κ3) is 3.79. The molecule has 0 aromatic heterocycles. The highest BCUT2D eigenvalue weighted by atomic mass is 35.5. The molecule has 2 rings (SSSR count). The summed E-state index contributed by atoms with van der Waals surface area (Å²) in [6, 6.07) is 6.36. The molecule has 110 valence electrons. The van der Waals surface area contributed by atoms with E-state index >= 15 is 0 Å². The Balaban J connectivity index is 1.86. The van der Waals surface area contributed by atoms with Gasteiger partial charge in [-0.15, -0.1) is 0 Å². The third-order valence-corrected chi connectivity index (χ3v) is 3.82. The van der Waals surface area contributed by atoms with Crippen LogP contribution in [0.2, 0.25) is 5.02 Å². The molecule has 0 saturated carbocycles. The van der Waals surface area contributed by atoms with Crippen LogP contribution in [0.25, 0.3) is 0 Å². The zero-order valence-electron chi connectivity index (χ0n) is 12.0. The van der Waals surface area contributed by atoms with Crippen LogP contribution in [0.5, 0.6) is 0 Å². The highest BCUT2D eigenvalue weighted by Gasteiger charge is 2.23. The average Bonchev–Trinajstić information content (AvgIpc) is 2.43. The minimum atomic E-state index is -0.209. The van der Waals surface area contributed by atoms with Gasteiger partial charge in [-0.25, -0.2) is 4.79 Å². The molecule has 0 radical (unpaired) electrons. The summed E-state index contributed by atoms with van der Waals surface area (Å²) < 4.78 is 5.01. The summed E-state index contributed by atoms with van der Waals surface area (Å²) in [6.45, 7) is 5.72. The highest BCUT2D eigenvalue weighted by molar-refractivity contribution is 6.33. The molecule has 0 bridgehead atoms. The van der Waals surface area contributed by atoms with E-state index in [-0.39, 0.29) is 6.09 Å². The van der Waals surface area contributed by atoms with Crippen molar-refractivity contribution in [3.8, 4) is 0 Å². The SMILES string of the molecule is CCOC(=O)N1CCC(Nc2ccc(C)cc2Cl)CC1. The smallest absolute Gasteiger partial charge is 0.409 e. The van der Waals surface area contributed by atoms with Gasteiger partial charge in [0.05, 0.1) is 17.3 Å². The van der Waals surface area contributed by atoms with Crippen molar-refractivity contribution in [1.82, 2.24) is 4.90 Å². The molecular weight excluding hydrogens is 276 g/mol. The Morgan fingerprint density at radius 1 is 1.45 bits per heavy atom. The molecule has 1 saturated heterocycles. The lowest BCUT2D eigenvalue weighted by molar-refractivity contribution is 0.0983. The molecule has 0 atom stereocenters. The first-order valence-electron chi connectivity index (χ1n) is 7.04. The molecule has 1 amide bonds. The van der Waals surface area contributed by atoms with E-state index in [2.05, 4.69) is 5.32 Å². The van der Waals surface area contributed by atoms with E-state index in [1.165, 1.54) is 0 Å². The predicted molar refractivity (Wildman–Crippen MR) is 81.4 cm³/mol. The number of carbonyl (C=O) groups excluding carboxylic acids is 1. The molecule has 1 aromatic rings. The fraction of sp³-hybridized carbons (Fsp3) is 0.533. The maximum Gasteiger partial charge on any atom is 0.409 e. The van der Waals surface area contributed by atoms with Crippen molar-refractivity contribution in [3.05, 3.63) is 28.8 Å². The maximum absolute atomic E-state index is 11.6. The lowest BCUT2D eigenvalue weighted by Gasteiger charge is -2.32. The number of piperidine rings is 1. The fourth-order valence-corrected chi connectivity index (χ4v) is 2.67. The standard InChI is InChI=1S/C15H21ClN2O2/c1-3-20-15(19)18-8-6-12(7-9-18)17-14-5-4-11(2)10-13(14)16/h4-5,10,12,17H,3,6-9H2,1-2H3. The zero-order chi connectivity index (χ0) is 14.5. The molecule has 0 spiro atoms. The molecule has 0 aliphatic carbocycles. The second-order valence-corrected chi connectivity index (χ2v) is 5.50. The van der Waals surface area contributed by atoms with Crippen molar-refractivity contribution in [2.75, 3.05) is 25.0 Å². The predicted octanol–water partition coefficient (Wildman–Crippen LogP) is 3.68. The van der Waals surface area contributed by atoms with E-state index < -0.39 is 0 Å². The molecule has 1 aromatic carbocycles. The number of hydrogen-bond donors (Lipinski definition) is 1. The van der Waals surface area contributed by atoms with Crippen molar-refractivity contribution in [2.24, 2.45) is 0 Å². The first-order valence-corrected chi connectivity index (χ1v) is 7.42. The quantitative estimate of drug-likeness (QED) is 0.925. The number of hydrogen-bond acceptors (Lipinski definition) is 3. The van der Waals surface area contributed by atoms with Crippen LogP contribution in [0.4, 0.5) is 10.5 Å². The van der Waals surface area contributed by atoms with Crippen LogP contribution in [-0.2, 0) is 4.74 Å². The summed E-state index contributed by atoms with van der Waals surface area (Å²) in [4.78, 5) is 13.4. The van der Waals surface area contributed by atoms with Crippen molar-refractivity contribution < 1.29 is 9.53 Å². The normalized spacial score (nSPS) is 16.1. The molecule has 5 heteroatoms. The van der Waals surface area contributed by atoms with Gasteiger partial charge in [0.15, 0.2) is 0 Å². The number of nitrogens with zero attached hydrogens (tertiary/aromatic N) is 1. The summed E-state index contributed by atoms with van der Waals surface area (Å²) >= 11 is 6.22. The second kappa shape index (κ2) is 6.84. The number of carbonyl (C=O) groups is 1. The summed E-state index contributed by atoms with van der Waals surface area (Å²) in [6.07, 6.45) is 1.60. The molecule has 0 unspecified atom stereocenters. The minimum absolute atomic E-state index is 0.209. The number of halogens is 1. The van der Waals surface area contributed by atoms with Crippen LogP contribution in [0.1, 0.15) is 25.3 Å². The average molecular weight is 297 g/mol. The van der Waals surface area contributed by atoms with E-state index in [1.54, 1.807) is 4.90 Å². The molecule has 1 N–H and O–H groups in total. The van der Waals surface area contributed by atoms with Crippen molar-refractivity contribution in [2.45, 2.75) is 32.7 Å². The van der Waals surface area contributed by atoms with Gasteiger partial charge >= 0.3 is 6.09 Å². The van der Waals surface area contributed by atoms with Crippen LogP contribution in [-0.4, -0.2) is 36.7 Å². The Labute approximate surface area is 125 Å². The first-order chi connectivity index (χ1) is 9.60. The van der Waals surface area contributed by atoms with E-state index in [0.717, 1.165) is 42.2 Å². The molecule has 1 aliphatic heterocycles. The van der Waals surface area contributed by atoms with Crippen LogP contribution < -0.4 is 5.32 Å². The maximum atomic E-state index is 11.6. The van der Waals surface area contributed by atoms with Gasteiger partial charge in [0, 0.05) is 19.1 Å². The molecule has 4 nitrogen and oxygen atoms in total. The number of amides is 1. The third-order valence-electron chi connectivity index (χ3n) is 3.51. The van der Waals surface area contributed by atoms with E-state index in [4.69, 9.17) is 16.3 Å². The number of aryl methyl sites for hydroxylation is 1. The van der Waals surface area contributed by atoms with Gasteiger partial charge in [-0.3, -0.25) is 0 Å².